The summed E-state index contributed by atoms with van der Waals surface area (Å²) in [4.78, 5) is 12.9. The third kappa shape index (κ3) is 4.29. The van der Waals surface area contributed by atoms with Gasteiger partial charge in [-0.15, -0.1) is 13.2 Å². The molecule has 0 saturated heterocycles. The van der Waals surface area contributed by atoms with Crippen LogP contribution >= 0.6 is 0 Å². The number of alkyl halides is 3. The number of ether oxygens (including phenoxy) is 1. The van der Waals surface area contributed by atoms with Crippen molar-refractivity contribution in [2.24, 2.45) is 0 Å². The zero-order chi connectivity index (χ0) is 20.4. The molecule has 0 N–H and O–H groups in total. The fraction of sp³-hybridized carbons (Fsp3) is 0.0909. The Hall–Kier alpha value is -3.61. The molecule has 0 aliphatic heterocycles. The molecule has 4 aromatic rings. The number of hydrogen-bond acceptors (Lipinski definition) is 3. The Balaban J connectivity index is 1.68. The largest absolute Gasteiger partial charge is 0.573 e. The van der Waals surface area contributed by atoms with E-state index >= 15 is 0 Å². The first-order valence-corrected chi connectivity index (χ1v) is 8.79. The van der Waals surface area contributed by atoms with Crippen LogP contribution < -0.4 is 10.3 Å². The van der Waals surface area contributed by atoms with E-state index in [1.165, 1.54) is 28.9 Å². The molecule has 0 atom stereocenters. The van der Waals surface area contributed by atoms with Gasteiger partial charge in [0.05, 0.1) is 18.1 Å². The Kier molecular flexibility index (Phi) is 4.80. The first kappa shape index (κ1) is 18.7. The number of fused-ring (bicyclic) bond motifs is 1. The molecule has 0 saturated carbocycles. The molecule has 1 aromatic heterocycles. The number of nitrogens with zero attached hydrogens (tertiary/aromatic N) is 2. The first-order chi connectivity index (χ1) is 13.9. The lowest BCUT2D eigenvalue weighted by molar-refractivity contribution is -0.274. The summed E-state index contributed by atoms with van der Waals surface area (Å²) in [5.74, 6) is -0.295. The molecular formula is C22H15F3N2O2. The van der Waals surface area contributed by atoms with E-state index in [4.69, 9.17) is 0 Å². The summed E-state index contributed by atoms with van der Waals surface area (Å²) >= 11 is 0. The van der Waals surface area contributed by atoms with E-state index in [-0.39, 0.29) is 11.3 Å². The molecule has 0 fully saturated rings. The predicted octanol–water partition coefficient (Wildman–Crippen LogP) is 5.01. The van der Waals surface area contributed by atoms with Gasteiger partial charge in [-0.2, -0.15) is 5.10 Å². The molecule has 0 amide bonds. The van der Waals surface area contributed by atoms with Gasteiger partial charge < -0.3 is 4.74 Å². The van der Waals surface area contributed by atoms with E-state index in [1.807, 2.05) is 30.3 Å². The second-order valence-corrected chi connectivity index (χ2v) is 6.47. The Bertz CT molecular complexity index is 1200. The number of hydrogen-bond donors (Lipinski definition) is 0. The van der Waals surface area contributed by atoms with E-state index in [1.54, 1.807) is 24.4 Å². The van der Waals surface area contributed by atoms with Crippen LogP contribution in [-0.2, 0) is 6.54 Å². The smallest absolute Gasteiger partial charge is 0.406 e. The highest BCUT2D eigenvalue weighted by Crippen LogP contribution is 2.27. The first-order valence-electron chi connectivity index (χ1n) is 8.79. The van der Waals surface area contributed by atoms with Crippen LogP contribution in [0.25, 0.3) is 21.9 Å². The van der Waals surface area contributed by atoms with Crippen molar-refractivity contribution in [1.82, 2.24) is 9.78 Å². The highest BCUT2D eigenvalue weighted by Gasteiger charge is 2.30. The second kappa shape index (κ2) is 7.43. The van der Waals surface area contributed by atoms with Gasteiger partial charge in [-0.05, 0) is 34.9 Å². The molecule has 0 spiro atoms. The van der Waals surface area contributed by atoms with E-state index < -0.39 is 6.36 Å². The molecule has 0 unspecified atom stereocenters. The Labute approximate surface area is 163 Å². The Morgan fingerprint density at radius 2 is 1.59 bits per heavy atom. The van der Waals surface area contributed by atoms with Crippen LogP contribution in [0.2, 0.25) is 0 Å². The van der Waals surface area contributed by atoms with E-state index in [2.05, 4.69) is 9.84 Å². The van der Waals surface area contributed by atoms with Gasteiger partial charge in [-0.25, -0.2) is 4.68 Å². The molecule has 1 heterocycles. The van der Waals surface area contributed by atoms with Crippen molar-refractivity contribution >= 4 is 10.8 Å². The van der Waals surface area contributed by atoms with Crippen LogP contribution in [0.4, 0.5) is 13.2 Å². The molecule has 0 aliphatic carbocycles. The standard InChI is InChI=1S/C22H15F3N2O2/c23-22(24,25)29-19-10-8-16(9-11-19)17-6-7-18-13-26-27(21(28)20(18)12-17)14-15-4-2-1-3-5-15/h1-13H,14H2. The Morgan fingerprint density at radius 3 is 2.28 bits per heavy atom. The molecule has 7 heteroatoms. The molecule has 146 valence electrons. The van der Waals surface area contributed by atoms with E-state index in [9.17, 15) is 18.0 Å². The number of halogens is 3. The third-order valence-electron chi connectivity index (χ3n) is 4.45. The Morgan fingerprint density at radius 1 is 0.897 bits per heavy atom. The average molecular weight is 396 g/mol. The third-order valence-corrected chi connectivity index (χ3v) is 4.45. The van der Waals surface area contributed by atoms with Gasteiger partial charge in [-0.1, -0.05) is 54.6 Å². The molecule has 0 radical (unpaired) electrons. The molecular weight excluding hydrogens is 381 g/mol. The van der Waals surface area contributed by atoms with Crippen molar-refractivity contribution < 1.29 is 17.9 Å². The van der Waals surface area contributed by atoms with Crippen LogP contribution in [0.3, 0.4) is 0 Å². The number of benzene rings is 3. The minimum atomic E-state index is -4.73. The maximum atomic E-state index is 12.9. The topological polar surface area (TPSA) is 44.1 Å². The van der Waals surface area contributed by atoms with Gasteiger partial charge in [-0.3, -0.25) is 4.79 Å². The molecule has 4 rings (SSSR count). The van der Waals surface area contributed by atoms with Crippen LogP contribution in [0.5, 0.6) is 5.75 Å². The van der Waals surface area contributed by atoms with Crippen molar-refractivity contribution in [3.8, 4) is 16.9 Å². The lowest BCUT2D eigenvalue weighted by Gasteiger charge is -2.10. The summed E-state index contributed by atoms with van der Waals surface area (Å²) < 4.78 is 42.2. The van der Waals surface area contributed by atoms with Crippen LogP contribution in [-0.4, -0.2) is 16.1 Å². The number of aromatic nitrogens is 2. The molecule has 29 heavy (non-hydrogen) atoms. The van der Waals surface area contributed by atoms with Crippen LogP contribution in [0.15, 0.2) is 83.8 Å². The molecule has 0 aliphatic rings. The number of rotatable bonds is 4. The van der Waals surface area contributed by atoms with Gasteiger partial charge in [0.2, 0.25) is 0 Å². The van der Waals surface area contributed by atoms with Gasteiger partial charge in [0.1, 0.15) is 5.75 Å². The van der Waals surface area contributed by atoms with Crippen LogP contribution in [0, 0.1) is 0 Å². The second-order valence-electron chi connectivity index (χ2n) is 6.47. The van der Waals surface area contributed by atoms with Crippen molar-refractivity contribution in [3.05, 3.63) is 94.9 Å². The summed E-state index contributed by atoms with van der Waals surface area (Å²) in [6.45, 7) is 0.351. The van der Waals surface area contributed by atoms with Crippen molar-refractivity contribution in [2.45, 2.75) is 12.9 Å². The van der Waals surface area contributed by atoms with E-state index in [0.717, 1.165) is 5.56 Å². The highest BCUT2D eigenvalue weighted by molar-refractivity contribution is 5.86. The maximum Gasteiger partial charge on any atom is 0.573 e. The van der Waals surface area contributed by atoms with Gasteiger partial charge in [0.25, 0.3) is 5.56 Å². The summed E-state index contributed by atoms with van der Waals surface area (Å²) in [6, 6.07) is 20.3. The zero-order valence-corrected chi connectivity index (χ0v) is 15.1. The predicted molar refractivity (Wildman–Crippen MR) is 104 cm³/mol. The summed E-state index contributed by atoms with van der Waals surface area (Å²) in [5.41, 5.74) is 2.11. The van der Waals surface area contributed by atoms with Crippen molar-refractivity contribution in [1.29, 1.82) is 0 Å². The molecule has 4 nitrogen and oxygen atoms in total. The zero-order valence-electron chi connectivity index (χ0n) is 15.1. The summed E-state index contributed by atoms with van der Waals surface area (Å²) in [7, 11) is 0. The average Bonchev–Trinajstić information content (AvgIpc) is 2.70. The van der Waals surface area contributed by atoms with Crippen molar-refractivity contribution in [2.75, 3.05) is 0 Å². The minimum absolute atomic E-state index is 0.231. The molecule has 0 bridgehead atoms. The summed E-state index contributed by atoms with van der Waals surface area (Å²) in [5, 5.41) is 5.42. The molecule has 3 aromatic carbocycles. The van der Waals surface area contributed by atoms with Gasteiger partial charge in [0.15, 0.2) is 0 Å². The van der Waals surface area contributed by atoms with E-state index in [0.29, 0.717) is 28.4 Å². The minimum Gasteiger partial charge on any atom is -0.406 e. The van der Waals surface area contributed by atoms with Crippen LogP contribution in [0.1, 0.15) is 5.56 Å². The lowest BCUT2D eigenvalue weighted by atomic mass is 10.0. The fourth-order valence-corrected chi connectivity index (χ4v) is 3.08. The SMILES string of the molecule is O=c1c2cc(-c3ccc(OC(F)(F)F)cc3)ccc2cnn1Cc1ccccc1. The maximum absolute atomic E-state index is 12.9. The lowest BCUT2D eigenvalue weighted by Crippen LogP contribution is -2.23. The highest BCUT2D eigenvalue weighted by atomic mass is 19.4. The quantitative estimate of drug-likeness (QED) is 0.487. The van der Waals surface area contributed by atoms with Gasteiger partial charge in [0, 0.05) is 5.39 Å². The summed E-state index contributed by atoms with van der Waals surface area (Å²) in [6.07, 6.45) is -3.11. The van der Waals surface area contributed by atoms with Gasteiger partial charge >= 0.3 is 6.36 Å². The monoisotopic (exact) mass is 396 g/mol. The normalized spacial score (nSPS) is 11.6. The van der Waals surface area contributed by atoms with Crippen molar-refractivity contribution in [3.63, 3.8) is 0 Å². The fourth-order valence-electron chi connectivity index (χ4n) is 3.08.